The summed E-state index contributed by atoms with van der Waals surface area (Å²) in [5, 5.41) is 9.83. The van der Waals surface area contributed by atoms with Crippen LogP contribution in [0.5, 0.6) is 0 Å². The molecule has 0 amide bonds. The fourth-order valence-corrected chi connectivity index (χ4v) is 5.33. The molecular formula is C29H31NOS. The Morgan fingerprint density at radius 1 is 0.938 bits per heavy atom. The molecule has 4 rings (SSSR count). The summed E-state index contributed by atoms with van der Waals surface area (Å²) in [6.07, 6.45) is 0.899. The van der Waals surface area contributed by atoms with Crippen LogP contribution < -0.4 is 0 Å². The molecule has 2 nitrogen and oxygen atoms in total. The summed E-state index contributed by atoms with van der Waals surface area (Å²) >= 11 is 1.77. The summed E-state index contributed by atoms with van der Waals surface area (Å²) in [4.78, 5) is 2.50. The van der Waals surface area contributed by atoms with Crippen LogP contribution in [0.25, 0.3) is 27.7 Å². The number of hydrogen-bond acceptors (Lipinski definition) is 3. The van der Waals surface area contributed by atoms with Gasteiger partial charge in [0, 0.05) is 26.3 Å². The van der Waals surface area contributed by atoms with Gasteiger partial charge in [-0.1, -0.05) is 57.7 Å². The lowest BCUT2D eigenvalue weighted by molar-refractivity contribution is 0.423. The number of thiophene rings is 1. The molecule has 2 aromatic carbocycles. The molecule has 0 saturated heterocycles. The number of allylic oxidation sites excluding steroid dienone is 1. The normalized spacial score (nSPS) is 11.8. The molecule has 2 aromatic heterocycles. The van der Waals surface area contributed by atoms with Gasteiger partial charge in [0.25, 0.3) is 0 Å². The van der Waals surface area contributed by atoms with Crippen molar-refractivity contribution in [2.45, 2.75) is 48.0 Å². The van der Waals surface area contributed by atoms with E-state index in [1.165, 1.54) is 15.3 Å². The average Bonchev–Trinajstić information content (AvgIpc) is 3.26. The summed E-state index contributed by atoms with van der Waals surface area (Å²) in [5.41, 5.74) is 8.21. The van der Waals surface area contributed by atoms with E-state index in [2.05, 4.69) is 90.6 Å². The molecule has 0 aliphatic rings. The summed E-state index contributed by atoms with van der Waals surface area (Å²) < 4.78 is 6.06. The number of aryl methyl sites for hydroxylation is 2. The minimum absolute atomic E-state index is 0.176. The van der Waals surface area contributed by atoms with E-state index in [-0.39, 0.29) is 5.41 Å². The first-order chi connectivity index (χ1) is 15.0. The monoisotopic (exact) mass is 441 g/mol. The van der Waals surface area contributed by atoms with Gasteiger partial charge in [-0.25, -0.2) is 0 Å². The summed E-state index contributed by atoms with van der Waals surface area (Å²) in [6.45, 7) is 17.2. The van der Waals surface area contributed by atoms with Crippen LogP contribution in [0.1, 0.15) is 59.4 Å². The molecule has 0 aliphatic heterocycles. The van der Waals surface area contributed by atoms with Crippen LogP contribution in [0.15, 0.2) is 59.5 Å². The predicted molar refractivity (Wildman–Crippen MR) is 139 cm³/mol. The Hall–Kier alpha value is -2.91. The second-order valence-electron chi connectivity index (χ2n) is 9.87. The number of benzene rings is 2. The Bertz CT molecular complexity index is 1330. The molecular weight excluding hydrogens is 410 g/mol. The van der Waals surface area contributed by atoms with Gasteiger partial charge in [0.1, 0.15) is 11.3 Å². The summed E-state index contributed by atoms with van der Waals surface area (Å²) in [6, 6.07) is 16.7. The third kappa shape index (κ3) is 4.35. The molecule has 0 atom stereocenters. The highest BCUT2D eigenvalue weighted by Gasteiger charge is 2.17. The SMILES string of the molecule is C=C(CC(C)(C)C)c1cc2cc(-c3ccc(C(=N)c4c(C)sc(C)c4C)cc3)ccc2o1. The number of nitrogens with one attached hydrogen (secondary N) is 1. The van der Waals surface area contributed by atoms with Crippen LogP contribution in [-0.4, -0.2) is 5.71 Å². The molecule has 164 valence electrons. The van der Waals surface area contributed by atoms with E-state index in [1.54, 1.807) is 11.3 Å². The highest BCUT2D eigenvalue weighted by Crippen LogP contribution is 2.34. The Morgan fingerprint density at radius 3 is 2.19 bits per heavy atom. The highest BCUT2D eigenvalue weighted by molar-refractivity contribution is 7.12. The van der Waals surface area contributed by atoms with E-state index in [9.17, 15) is 0 Å². The number of fused-ring (bicyclic) bond motifs is 1. The first kappa shape index (κ1) is 22.3. The van der Waals surface area contributed by atoms with Crippen LogP contribution in [-0.2, 0) is 0 Å². The van der Waals surface area contributed by atoms with Gasteiger partial charge in [-0.3, -0.25) is 5.41 Å². The lowest BCUT2D eigenvalue weighted by Crippen LogP contribution is -2.04. The Kier molecular flexibility index (Phi) is 5.72. The van der Waals surface area contributed by atoms with Crippen molar-refractivity contribution in [1.82, 2.24) is 0 Å². The van der Waals surface area contributed by atoms with Gasteiger partial charge >= 0.3 is 0 Å². The Morgan fingerprint density at radius 2 is 1.59 bits per heavy atom. The molecule has 0 fully saturated rings. The molecule has 0 bridgehead atoms. The van der Waals surface area contributed by atoms with Gasteiger partial charge in [0.15, 0.2) is 0 Å². The Labute approximate surface area is 195 Å². The van der Waals surface area contributed by atoms with Crippen LogP contribution >= 0.6 is 11.3 Å². The van der Waals surface area contributed by atoms with Crippen molar-refractivity contribution in [2.24, 2.45) is 5.41 Å². The van der Waals surface area contributed by atoms with Crippen LogP contribution in [0.2, 0.25) is 0 Å². The van der Waals surface area contributed by atoms with E-state index in [0.29, 0.717) is 5.71 Å². The molecule has 0 spiro atoms. The van der Waals surface area contributed by atoms with E-state index in [1.807, 2.05) is 6.07 Å². The largest absolute Gasteiger partial charge is 0.456 e. The minimum Gasteiger partial charge on any atom is -0.456 e. The second-order valence-corrected chi connectivity index (χ2v) is 11.3. The quantitative estimate of drug-likeness (QED) is 0.308. The van der Waals surface area contributed by atoms with Gasteiger partial charge in [0.2, 0.25) is 0 Å². The lowest BCUT2D eigenvalue weighted by Gasteiger charge is -2.18. The van der Waals surface area contributed by atoms with Crippen molar-refractivity contribution in [3.63, 3.8) is 0 Å². The predicted octanol–water partition coefficient (Wildman–Crippen LogP) is 8.95. The first-order valence-corrected chi connectivity index (χ1v) is 11.8. The van der Waals surface area contributed by atoms with E-state index >= 15 is 0 Å². The number of furan rings is 1. The highest BCUT2D eigenvalue weighted by atomic mass is 32.1. The van der Waals surface area contributed by atoms with Crippen molar-refractivity contribution in [3.8, 4) is 11.1 Å². The minimum atomic E-state index is 0.176. The van der Waals surface area contributed by atoms with Crippen molar-refractivity contribution in [2.75, 3.05) is 0 Å². The van der Waals surface area contributed by atoms with Gasteiger partial charge in [-0.15, -0.1) is 11.3 Å². The van der Waals surface area contributed by atoms with Crippen LogP contribution in [0.3, 0.4) is 0 Å². The van der Waals surface area contributed by atoms with E-state index < -0.39 is 0 Å². The smallest absolute Gasteiger partial charge is 0.134 e. The van der Waals surface area contributed by atoms with Crippen molar-refractivity contribution < 1.29 is 4.42 Å². The Balaban J connectivity index is 1.60. The van der Waals surface area contributed by atoms with Crippen molar-refractivity contribution in [3.05, 3.63) is 87.3 Å². The van der Waals surface area contributed by atoms with Crippen LogP contribution in [0, 0.1) is 31.6 Å². The second kappa shape index (κ2) is 8.22. The molecule has 0 unspecified atom stereocenters. The zero-order chi connectivity index (χ0) is 23.2. The van der Waals surface area contributed by atoms with Crippen molar-refractivity contribution >= 4 is 33.6 Å². The first-order valence-electron chi connectivity index (χ1n) is 11.0. The number of hydrogen-bond donors (Lipinski definition) is 1. The average molecular weight is 442 g/mol. The molecule has 3 heteroatoms. The van der Waals surface area contributed by atoms with Gasteiger partial charge in [0.05, 0.1) is 5.71 Å². The lowest BCUT2D eigenvalue weighted by atomic mass is 9.88. The maximum absolute atomic E-state index is 8.74. The zero-order valence-corrected chi connectivity index (χ0v) is 20.7. The molecule has 1 N–H and O–H groups in total. The van der Waals surface area contributed by atoms with Crippen LogP contribution in [0.4, 0.5) is 0 Å². The molecule has 2 heterocycles. The molecule has 4 aromatic rings. The molecule has 0 radical (unpaired) electrons. The fraction of sp³-hybridized carbons (Fsp3) is 0.276. The maximum atomic E-state index is 8.74. The van der Waals surface area contributed by atoms with E-state index in [0.717, 1.165) is 51.0 Å². The van der Waals surface area contributed by atoms with E-state index in [4.69, 9.17) is 9.83 Å². The van der Waals surface area contributed by atoms with Gasteiger partial charge < -0.3 is 4.42 Å². The maximum Gasteiger partial charge on any atom is 0.134 e. The fourth-order valence-electron chi connectivity index (χ4n) is 4.26. The third-order valence-electron chi connectivity index (χ3n) is 5.93. The topological polar surface area (TPSA) is 37.0 Å². The third-order valence-corrected chi connectivity index (χ3v) is 7.05. The molecule has 0 aliphatic carbocycles. The van der Waals surface area contributed by atoms with Crippen molar-refractivity contribution in [1.29, 1.82) is 5.41 Å². The summed E-state index contributed by atoms with van der Waals surface area (Å²) in [5.74, 6) is 0.868. The summed E-state index contributed by atoms with van der Waals surface area (Å²) in [7, 11) is 0. The number of rotatable bonds is 5. The molecule has 0 saturated carbocycles. The van der Waals surface area contributed by atoms with Gasteiger partial charge in [-0.05, 0) is 73.1 Å². The molecule has 32 heavy (non-hydrogen) atoms. The zero-order valence-electron chi connectivity index (χ0n) is 19.8. The van der Waals surface area contributed by atoms with Gasteiger partial charge in [-0.2, -0.15) is 0 Å². The standard InChI is InChI=1S/C29H31NOS/c1-17(16-29(5,6)7)26-15-24-14-23(12-13-25(24)31-26)21-8-10-22(11-9-21)28(30)27-18(2)19(3)32-20(27)4/h8-15,30H,1,16H2,2-7H3.